The Balaban J connectivity index is 2.21. The zero-order valence-electron chi connectivity index (χ0n) is 9.14. The summed E-state index contributed by atoms with van der Waals surface area (Å²) in [7, 11) is 0. The summed E-state index contributed by atoms with van der Waals surface area (Å²) in [5, 5.41) is 11.8. The third-order valence-electron chi connectivity index (χ3n) is 2.29. The van der Waals surface area contributed by atoms with E-state index in [-0.39, 0.29) is 5.56 Å². The molecule has 17 heavy (non-hydrogen) atoms. The Kier molecular flexibility index (Phi) is 3.24. The van der Waals surface area contributed by atoms with Gasteiger partial charge < -0.3 is 20.6 Å². The van der Waals surface area contributed by atoms with Gasteiger partial charge in [-0.1, -0.05) is 0 Å². The second-order valence-corrected chi connectivity index (χ2v) is 3.58. The lowest BCUT2D eigenvalue weighted by atomic mass is 10.2. The number of hydrogen-bond acceptors (Lipinski definition) is 5. The molecule has 0 aliphatic rings. The molecule has 1 aromatic carbocycles. The number of nitrogens with zero attached hydrogens (tertiary/aromatic N) is 1. The summed E-state index contributed by atoms with van der Waals surface area (Å²) >= 11 is 0. The molecule has 2 rings (SSSR count). The number of carboxylic acids is 1. The average Bonchev–Trinajstić information content (AvgIpc) is 2.70. The van der Waals surface area contributed by atoms with Crippen LogP contribution in [0, 0.1) is 0 Å². The van der Waals surface area contributed by atoms with Crippen molar-refractivity contribution in [3.63, 3.8) is 0 Å². The van der Waals surface area contributed by atoms with Gasteiger partial charge in [-0.05, 0) is 31.2 Å². The standard InChI is InChI=1S/C11H13N3O3/c12-4-1-5-13-11-14-8-3-2-7(10(15)16)6-9(8)17-11/h2-3,6H,1,4-5,12H2,(H,13,14)(H,15,16). The number of oxazole rings is 1. The lowest BCUT2D eigenvalue weighted by Crippen LogP contribution is -2.08. The summed E-state index contributed by atoms with van der Waals surface area (Å²) in [4.78, 5) is 14.9. The third-order valence-corrected chi connectivity index (χ3v) is 2.29. The SMILES string of the molecule is NCCCNc1nc2ccc(C(=O)O)cc2o1. The highest BCUT2D eigenvalue weighted by Gasteiger charge is 2.09. The molecule has 1 heterocycles. The van der Waals surface area contributed by atoms with Gasteiger partial charge in [-0.2, -0.15) is 4.98 Å². The van der Waals surface area contributed by atoms with Crippen molar-refractivity contribution in [2.75, 3.05) is 18.4 Å². The highest BCUT2D eigenvalue weighted by Crippen LogP contribution is 2.20. The number of benzene rings is 1. The molecule has 0 aliphatic heterocycles. The quantitative estimate of drug-likeness (QED) is 0.675. The normalized spacial score (nSPS) is 10.6. The minimum atomic E-state index is -0.985. The van der Waals surface area contributed by atoms with Crippen LogP contribution in [-0.2, 0) is 0 Å². The van der Waals surface area contributed by atoms with Crippen molar-refractivity contribution in [3.8, 4) is 0 Å². The average molecular weight is 235 g/mol. The number of carbonyl (C=O) groups is 1. The molecule has 2 aromatic rings. The molecule has 4 N–H and O–H groups in total. The molecule has 0 spiro atoms. The van der Waals surface area contributed by atoms with E-state index in [1.807, 2.05) is 0 Å². The molecule has 90 valence electrons. The Morgan fingerprint density at radius 1 is 1.53 bits per heavy atom. The maximum absolute atomic E-state index is 10.8. The molecular weight excluding hydrogens is 222 g/mol. The fraction of sp³-hybridized carbons (Fsp3) is 0.273. The molecule has 0 atom stereocenters. The minimum absolute atomic E-state index is 0.183. The van der Waals surface area contributed by atoms with Crippen molar-refractivity contribution >= 4 is 23.1 Å². The highest BCUT2D eigenvalue weighted by molar-refractivity contribution is 5.92. The molecule has 0 bridgehead atoms. The van der Waals surface area contributed by atoms with Crippen molar-refractivity contribution in [2.24, 2.45) is 5.73 Å². The maximum Gasteiger partial charge on any atom is 0.335 e. The zero-order valence-corrected chi connectivity index (χ0v) is 9.14. The van der Waals surface area contributed by atoms with E-state index in [2.05, 4.69) is 10.3 Å². The maximum atomic E-state index is 10.8. The van der Waals surface area contributed by atoms with Crippen molar-refractivity contribution in [2.45, 2.75) is 6.42 Å². The summed E-state index contributed by atoms with van der Waals surface area (Å²) in [6.07, 6.45) is 0.819. The number of aromatic nitrogens is 1. The fourth-order valence-corrected chi connectivity index (χ4v) is 1.43. The molecule has 0 amide bonds. The van der Waals surface area contributed by atoms with Crippen molar-refractivity contribution in [1.82, 2.24) is 4.98 Å². The summed E-state index contributed by atoms with van der Waals surface area (Å²) in [6, 6.07) is 4.96. The van der Waals surface area contributed by atoms with E-state index in [0.717, 1.165) is 6.42 Å². The smallest absolute Gasteiger partial charge is 0.335 e. The van der Waals surface area contributed by atoms with Gasteiger partial charge in [-0.3, -0.25) is 0 Å². The zero-order chi connectivity index (χ0) is 12.3. The monoisotopic (exact) mass is 235 g/mol. The summed E-state index contributed by atoms with van der Waals surface area (Å²) in [6.45, 7) is 1.27. The van der Waals surface area contributed by atoms with Crippen LogP contribution in [0.15, 0.2) is 22.6 Å². The first kappa shape index (κ1) is 11.4. The first-order valence-electron chi connectivity index (χ1n) is 5.28. The van der Waals surface area contributed by atoms with Crippen LogP contribution in [-0.4, -0.2) is 29.1 Å². The van der Waals surface area contributed by atoms with Crippen LogP contribution in [0.2, 0.25) is 0 Å². The Labute approximate surface area is 97.4 Å². The minimum Gasteiger partial charge on any atom is -0.478 e. The van der Waals surface area contributed by atoms with Crippen molar-refractivity contribution in [1.29, 1.82) is 0 Å². The number of rotatable bonds is 5. The number of hydrogen-bond donors (Lipinski definition) is 3. The van der Waals surface area contributed by atoms with Crippen LogP contribution in [0.5, 0.6) is 0 Å². The lowest BCUT2D eigenvalue weighted by Gasteiger charge is -1.97. The number of nitrogens with one attached hydrogen (secondary N) is 1. The molecule has 0 aliphatic carbocycles. The molecule has 6 heteroatoms. The van der Waals surface area contributed by atoms with Gasteiger partial charge in [0.1, 0.15) is 5.52 Å². The number of fused-ring (bicyclic) bond motifs is 1. The van der Waals surface area contributed by atoms with Gasteiger partial charge in [0.05, 0.1) is 5.56 Å². The van der Waals surface area contributed by atoms with E-state index < -0.39 is 5.97 Å². The van der Waals surface area contributed by atoms with Gasteiger partial charge in [0.2, 0.25) is 0 Å². The largest absolute Gasteiger partial charge is 0.478 e. The van der Waals surface area contributed by atoms with E-state index >= 15 is 0 Å². The molecule has 0 saturated heterocycles. The van der Waals surface area contributed by atoms with Crippen LogP contribution in [0.3, 0.4) is 0 Å². The predicted molar refractivity (Wildman–Crippen MR) is 63.1 cm³/mol. The first-order valence-corrected chi connectivity index (χ1v) is 5.28. The molecule has 0 radical (unpaired) electrons. The van der Waals surface area contributed by atoms with E-state index in [1.54, 1.807) is 6.07 Å². The molecule has 0 fully saturated rings. The number of aromatic carboxylic acids is 1. The van der Waals surface area contributed by atoms with Crippen molar-refractivity contribution in [3.05, 3.63) is 23.8 Å². The summed E-state index contributed by atoms with van der Waals surface area (Å²) in [5.74, 6) is -0.985. The second kappa shape index (κ2) is 4.84. The highest BCUT2D eigenvalue weighted by atomic mass is 16.4. The molecule has 1 aromatic heterocycles. The van der Waals surface area contributed by atoms with Crippen molar-refractivity contribution < 1.29 is 14.3 Å². The Morgan fingerprint density at radius 3 is 3.06 bits per heavy atom. The fourth-order valence-electron chi connectivity index (χ4n) is 1.43. The lowest BCUT2D eigenvalue weighted by molar-refractivity contribution is 0.0697. The van der Waals surface area contributed by atoms with Gasteiger partial charge in [0, 0.05) is 6.54 Å². The van der Waals surface area contributed by atoms with Crippen LogP contribution in [0.1, 0.15) is 16.8 Å². The summed E-state index contributed by atoms with van der Waals surface area (Å²) < 4.78 is 5.38. The van der Waals surface area contributed by atoms with Crippen LogP contribution in [0.25, 0.3) is 11.1 Å². The van der Waals surface area contributed by atoms with E-state index in [0.29, 0.717) is 30.2 Å². The Morgan fingerprint density at radius 2 is 2.35 bits per heavy atom. The summed E-state index contributed by atoms with van der Waals surface area (Å²) in [5.41, 5.74) is 6.64. The van der Waals surface area contributed by atoms with E-state index in [4.69, 9.17) is 15.3 Å². The molecule has 6 nitrogen and oxygen atoms in total. The molecule has 0 unspecified atom stereocenters. The van der Waals surface area contributed by atoms with E-state index in [1.165, 1.54) is 12.1 Å². The number of anilines is 1. The number of carboxylic acid groups (broad SMARTS) is 1. The Hall–Kier alpha value is -2.08. The number of nitrogens with two attached hydrogens (primary N) is 1. The van der Waals surface area contributed by atoms with Crippen LogP contribution < -0.4 is 11.1 Å². The van der Waals surface area contributed by atoms with Crippen LogP contribution in [0.4, 0.5) is 6.01 Å². The topological polar surface area (TPSA) is 101 Å². The van der Waals surface area contributed by atoms with Gasteiger partial charge in [0.25, 0.3) is 6.01 Å². The predicted octanol–water partition coefficient (Wildman–Crippen LogP) is 1.29. The Bertz CT molecular complexity index is 536. The van der Waals surface area contributed by atoms with Gasteiger partial charge in [-0.15, -0.1) is 0 Å². The molecule has 0 saturated carbocycles. The van der Waals surface area contributed by atoms with Gasteiger partial charge >= 0.3 is 5.97 Å². The second-order valence-electron chi connectivity index (χ2n) is 3.58. The third kappa shape index (κ3) is 2.54. The van der Waals surface area contributed by atoms with Gasteiger partial charge in [-0.25, -0.2) is 4.79 Å². The molecular formula is C11H13N3O3. The van der Waals surface area contributed by atoms with E-state index in [9.17, 15) is 4.79 Å². The van der Waals surface area contributed by atoms with Gasteiger partial charge in [0.15, 0.2) is 5.58 Å². The van der Waals surface area contributed by atoms with Crippen LogP contribution >= 0.6 is 0 Å². The first-order chi connectivity index (χ1) is 8.20.